The van der Waals surface area contributed by atoms with Gasteiger partial charge in [0, 0.05) is 29.4 Å². The average molecular weight is 340 g/mol. The summed E-state index contributed by atoms with van der Waals surface area (Å²) in [5.41, 5.74) is 1.78. The van der Waals surface area contributed by atoms with E-state index < -0.39 is 0 Å². The highest BCUT2D eigenvalue weighted by atomic mass is 16.5. The van der Waals surface area contributed by atoms with Crippen molar-refractivity contribution in [2.75, 3.05) is 17.2 Å². The molecular weight excluding hydrogens is 320 g/mol. The van der Waals surface area contributed by atoms with Crippen molar-refractivity contribution in [1.82, 2.24) is 0 Å². The summed E-state index contributed by atoms with van der Waals surface area (Å²) in [5, 5.41) is 5.42. The first-order valence-electron chi connectivity index (χ1n) is 7.91. The lowest BCUT2D eigenvalue weighted by Crippen LogP contribution is -2.20. The van der Waals surface area contributed by atoms with Crippen LogP contribution in [0.25, 0.3) is 0 Å². The summed E-state index contributed by atoms with van der Waals surface area (Å²) in [4.78, 5) is 34.5. The van der Waals surface area contributed by atoms with Gasteiger partial charge in [-0.1, -0.05) is 13.0 Å². The predicted molar refractivity (Wildman–Crippen MR) is 95.9 cm³/mol. The molecule has 6 heteroatoms. The van der Waals surface area contributed by atoms with Crippen LogP contribution in [-0.4, -0.2) is 24.2 Å². The number of hydrogen-bond donors (Lipinski definition) is 2. The van der Waals surface area contributed by atoms with Crippen molar-refractivity contribution in [2.45, 2.75) is 20.3 Å². The third kappa shape index (κ3) is 5.76. The number of ether oxygens (including phenoxy) is 1. The van der Waals surface area contributed by atoms with Gasteiger partial charge in [-0.25, -0.2) is 0 Å². The molecule has 0 spiro atoms. The van der Waals surface area contributed by atoms with Crippen LogP contribution in [0, 0.1) is 0 Å². The number of hydrogen-bond acceptors (Lipinski definition) is 4. The first kappa shape index (κ1) is 18.2. The third-order valence-electron chi connectivity index (χ3n) is 3.38. The quantitative estimate of drug-likeness (QED) is 0.758. The molecule has 2 aromatic carbocycles. The fourth-order valence-electron chi connectivity index (χ4n) is 2.05. The van der Waals surface area contributed by atoms with Crippen LogP contribution in [0.15, 0.2) is 48.5 Å². The summed E-state index contributed by atoms with van der Waals surface area (Å²) in [6, 6.07) is 13.5. The van der Waals surface area contributed by atoms with Gasteiger partial charge in [-0.15, -0.1) is 0 Å². The maximum absolute atomic E-state index is 11.9. The minimum atomic E-state index is -0.321. The lowest BCUT2D eigenvalue weighted by molar-refractivity contribution is -0.118. The molecule has 25 heavy (non-hydrogen) atoms. The van der Waals surface area contributed by atoms with Crippen molar-refractivity contribution in [3.63, 3.8) is 0 Å². The Labute approximate surface area is 146 Å². The largest absolute Gasteiger partial charge is 0.484 e. The number of carbonyl (C=O) groups excluding carboxylic acids is 3. The molecule has 0 radical (unpaired) electrons. The van der Waals surface area contributed by atoms with E-state index in [1.807, 2.05) is 0 Å². The van der Waals surface area contributed by atoms with Crippen LogP contribution in [0.2, 0.25) is 0 Å². The van der Waals surface area contributed by atoms with Gasteiger partial charge in [0.2, 0.25) is 5.91 Å². The molecule has 0 atom stereocenters. The fourth-order valence-corrected chi connectivity index (χ4v) is 2.05. The Balaban J connectivity index is 1.88. The minimum absolute atomic E-state index is 0.0312. The second-order valence-corrected chi connectivity index (χ2v) is 5.40. The van der Waals surface area contributed by atoms with Crippen LogP contribution in [0.1, 0.15) is 30.6 Å². The molecule has 2 amide bonds. The van der Waals surface area contributed by atoms with E-state index in [2.05, 4.69) is 10.6 Å². The number of Topliss-reactive ketones (excluding diaryl/α,β-unsaturated/α-hetero) is 1. The van der Waals surface area contributed by atoms with Crippen molar-refractivity contribution in [3.8, 4) is 5.75 Å². The van der Waals surface area contributed by atoms with E-state index in [0.717, 1.165) is 0 Å². The van der Waals surface area contributed by atoms with Crippen LogP contribution < -0.4 is 15.4 Å². The average Bonchev–Trinajstić information content (AvgIpc) is 2.60. The van der Waals surface area contributed by atoms with Crippen molar-refractivity contribution in [1.29, 1.82) is 0 Å². The normalized spacial score (nSPS) is 10.0. The van der Waals surface area contributed by atoms with Crippen LogP contribution in [0.4, 0.5) is 11.4 Å². The molecule has 2 N–H and O–H groups in total. The number of carbonyl (C=O) groups is 3. The molecule has 0 aliphatic rings. The molecule has 0 fully saturated rings. The van der Waals surface area contributed by atoms with Gasteiger partial charge in [-0.3, -0.25) is 14.4 Å². The number of anilines is 2. The van der Waals surface area contributed by atoms with Gasteiger partial charge in [-0.05, 0) is 43.3 Å². The van der Waals surface area contributed by atoms with Gasteiger partial charge in [0.15, 0.2) is 12.4 Å². The monoisotopic (exact) mass is 340 g/mol. The predicted octanol–water partition coefficient (Wildman–Crippen LogP) is 3.26. The second-order valence-electron chi connectivity index (χ2n) is 5.40. The van der Waals surface area contributed by atoms with Gasteiger partial charge in [0.1, 0.15) is 5.75 Å². The summed E-state index contributed by atoms with van der Waals surface area (Å²) in [7, 11) is 0. The zero-order valence-electron chi connectivity index (χ0n) is 14.2. The van der Waals surface area contributed by atoms with Gasteiger partial charge in [0.05, 0.1) is 0 Å². The first-order valence-corrected chi connectivity index (χ1v) is 7.91. The maximum Gasteiger partial charge on any atom is 0.262 e. The molecule has 130 valence electrons. The summed E-state index contributed by atoms with van der Waals surface area (Å²) in [6.07, 6.45) is 0.385. The zero-order valence-corrected chi connectivity index (χ0v) is 14.2. The Kier molecular flexibility index (Phi) is 6.28. The van der Waals surface area contributed by atoms with Gasteiger partial charge in [-0.2, -0.15) is 0 Å². The van der Waals surface area contributed by atoms with Crippen molar-refractivity contribution >= 4 is 29.0 Å². The third-order valence-corrected chi connectivity index (χ3v) is 3.38. The minimum Gasteiger partial charge on any atom is -0.484 e. The Morgan fingerprint density at radius 1 is 0.920 bits per heavy atom. The highest BCUT2D eigenvalue weighted by Gasteiger charge is 2.06. The number of amides is 2. The lowest BCUT2D eigenvalue weighted by atomic mass is 10.1. The molecule has 0 aliphatic heterocycles. The Morgan fingerprint density at radius 2 is 1.60 bits per heavy atom. The Morgan fingerprint density at radius 3 is 2.24 bits per heavy atom. The molecular formula is C19H20N2O4. The second kappa shape index (κ2) is 8.63. The van der Waals surface area contributed by atoms with Crippen LogP contribution in [-0.2, 0) is 9.59 Å². The van der Waals surface area contributed by atoms with Gasteiger partial charge < -0.3 is 15.4 Å². The molecule has 2 rings (SSSR count). The van der Waals surface area contributed by atoms with Crippen LogP contribution in [0.5, 0.6) is 5.75 Å². The first-order chi connectivity index (χ1) is 12.0. The van der Waals surface area contributed by atoms with E-state index in [1.165, 1.54) is 6.92 Å². The molecule has 0 saturated carbocycles. The fraction of sp³-hybridized carbons (Fsp3) is 0.211. The topological polar surface area (TPSA) is 84.5 Å². The van der Waals surface area contributed by atoms with Gasteiger partial charge >= 0.3 is 0 Å². The maximum atomic E-state index is 11.9. The smallest absolute Gasteiger partial charge is 0.262 e. The highest BCUT2D eigenvalue weighted by molar-refractivity contribution is 5.96. The van der Waals surface area contributed by atoms with Crippen LogP contribution >= 0.6 is 0 Å². The van der Waals surface area contributed by atoms with Gasteiger partial charge in [0.25, 0.3) is 5.91 Å². The van der Waals surface area contributed by atoms with E-state index in [1.54, 1.807) is 55.5 Å². The molecule has 0 unspecified atom stereocenters. The number of ketones is 1. The van der Waals surface area contributed by atoms with Crippen molar-refractivity contribution in [3.05, 3.63) is 54.1 Å². The lowest BCUT2D eigenvalue weighted by Gasteiger charge is -2.09. The molecule has 0 bridgehead atoms. The van der Waals surface area contributed by atoms with Crippen LogP contribution in [0.3, 0.4) is 0 Å². The Bertz CT molecular complexity index is 769. The summed E-state index contributed by atoms with van der Waals surface area (Å²) in [5.74, 6) is 0.0368. The van der Waals surface area contributed by atoms with E-state index in [9.17, 15) is 14.4 Å². The summed E-state index contributed by atoms with van der Waals surface area (Å²) >= 11 is 0. The molecule has 0 saturated heterocycles. The van der Waals surface area contributed by atoms with Crippen molar-refractivity contribution < 1.29 is 19.1 Å². The summed E-state index contributed by atoms with van der Waals surface area (Å²) in [6.45, 7) is 3.08. The number of benzene rings is 2. The van der Waals surface area contributed by atoms with E-state index >= 15 is 0 Å². The van der Waals surface area contributed by atoms with Crippen molar-refractivity contribution in [2.24, 2.45) is 0 Å². The molecule has 0 aliphatic carbocycles. The SMILES string of the molecule is CCC(=O)Nc1cccc(OCC(=O)Nc2ccc(C(C)=O)cc2)c1. The number of nitrogens with one attached hydrogen (secondary N) is 2. The standard InChI is InChI=1S/C19H20N2O4/c1-3-18(23)21-16-5-4-6-17(11-16)25-12-19(24)20-15-9-7-14(8-10-15)13(2)22/h4-11H,3,12H2,1-2H3,(H,20,24)(H,21,23). The summed E-state index contributed by atoms with van der Waals surface area (Å²) < 4.78 is 5.44. The van der Waals surface area contributed by atoms with E-state index in [-0.39, 0.29) is 24.2 Å². The number of rotatable bonds is 7. The molecule has 6 nitrogen and oxygen atoms in total. The zero-order chi connectivity index (χ0) is 18.2. The molecule has 2 aromatic rings. The highest BCUT2D eigenvalue weighted by Crippen LogP contribution is 2.17. The molecule has 0 aromatic heterocycles. The van der Waals surface area contributed by atoms with E-state index in [0.29, 0.717) is 29.1 Å². The Hall–Kier alpha value is -3.15. The van der Waals surface area contributed by atoms with E-state index in [4.69, 9.17) is 4.74 Å². The molecule has 0 heterocycles.